The van der Waals surface area contributed by atoms with Crippen molar-refractivity contribution in [3.63, 3.8) is 0 Å². The van der Waals surface area contributed by atoms with Crippen LogP contribution in [0.5, 0.6) is 0 Å². The summed E-state index contributed by atoms with van der Waals surface area (Å²) in [6.07, 6.45) is 0. The van der Waals surface area contributed by atoms with Gasteiger partial charge in [0, 0.05) is 0 Å². The molecular weight excluding hydrogens is 438 g/mol. The first-order chi connectivity index (χ1) is 11.5. The van der Waals surface area contributed by atoms with E-state index < -0.39 is 0 Å². The standard InChI is InChI=1S/2C10H9.C3H6.2ClH.Zr/c2*1-8-6-9-4-2-3-5-10(9)7-8;1-3-2;;;/h2*2-7H,1H3;1-2H3;2*1H;/q2*-1;;;;+2/p-2. The second-order valence-corrected chi connectivity index (χ2v) is 8.78. The van der Waals surface area contributed by atoms with Crippen LogP contribution >= 0.6 is 0 Å². The Balaban J connectivity index is 0.000000378. The Morgan fingerprint density at radius 2 is 1.00 bits per heavy atom. The van der Waals surface area contributed by atoms with Gasteiger partial charge >= 0.3 is 41.3 Å². The molecule has 136 valence electrons. The van der Waals surface area contributed by atoms with Gasteiger partial charge in [-0.15, -0.1) is 81.2 Å². The summed E-state index contributed by atoms with van der Waals surface area (Å²) < 4.78 is 1.51. The van der Waals surface area contributed by atoms with Crippen molar-refractivity contribution in [2.45, 2.75) is 27.7 Å². The van der Waals surface area contributed by atoms with Gasteiger partial charge in [0.2, 0.25) is 0 Å². The second-order valence-electron chi connectivity index (χ2n) is 6.32. The molecule has 0 radical (unpaired) electrons. The van der Waals surface area contributed by atoms with Crippen molar-refractivity contribution in [1.82, 2.24) is 0 Å². The maximum Gasteiger partial charge on any atom is -0.0579 e. The van der Waals surface area contributed by atoms with E-state index >= 15 is 0 Å². The molecule has 0 saturated carbocycles. The predicted molar refractivity (Wildman–Crippen MR) is 105 cm³/mol. The molecule has 0 atom stereocenters. The molecule has 0 heterocycles. The summed E-state index contributed by atoms with van der Waals surface area (Å²) in [7, 11) is 0. The zero-order valence-corrected chi connectivity index (χ0v) is 19.7. The van der Waals surface area contributed by atoms with Crippen LogP contribution in [0.25, 0.3) is 21.5 Å². The molecule has 0 N–H and O–H groups in total. The Kier molecular flexibility index (Phi) is 11.9. The molecule has 0 saturated heterocycles. The molecule has 4 aromatic carbocycles. The topological polar surface area (TPSA) is 0 Å². The fraction of sp³-hybridized carbons (Fsp3) is 0.174. The summed E-state index contributed by atoms with van der Waals surface area (Å²) in [5.41, 5.74) is 2.70. The quantitative estimate of drug-likeness (QED) is 0.334. The summed E-state index contributed by atoms with van der Waals surface area (Å²) >= 11 is 1.55. The molecule has 0 bridgehead atoms. The van der Waals surface area contributed by atoms with Crippen LogP contribution in [0.15, 0.2) is 72.8 Å². The predicted octanol–water partition coefficient (Wildman–Crippen LogP) is 0.488. The molecule has 26 heavy (non-hydrogen) atoms. The van der Waals surface area contributed by atoms with Gasteiger partial charge in [-0.05, 0) is 0 Å². The molecule has 4 aromatic rings. The van der Waals surface area contributed by atoms with E-state index in [1.807, 2.05) is 0 Å². The largest absolute Gasteiger partial charge is 1.00 e. The van der Waals surface area contributed by atoms with Gasteiger partial charge in [0.1, 0.15) is 0 Å². The average Bonchev–Trinajstić information content (AvgIpc) is 3.07. The second kappa shape index (κ2) is 12.4. The molecule has 0 aliphatic rings. The summed E-state index contributed by atoms with van der Waals surface area (Å²) in [6, 6.07) is 25.7. The van der Waals surface area contributed by atoms with Crippen molar-refractivity contribution in [2.24, 2.45) is 0 Å². The van der Waals surface area contributed by atoms with Crippen LogP contribution in [0, 0.1) is 13.8 Å². The first kappa shape index (κ1) is 25.0. The van der Waals surface area contributed by atoms with Crippen LogP contribution in [-0.2, 0) is 24.2 Å². The zero-order valence-electron chi connectivity index (χ0n) is 15.7. The SMILES string of the molecule is C[C](C)=[Zr+2].Cc1cc2ccccc2[cH-]1.Cc1cc2ccccc2[cH-]1.[Cl-].[Cl-]. The number of fused-ring (bicyclic) bond motifs is 2. The number of aryl methyl sites for hydroxylation is 2. The Morgan fingerprint density at radius 1 is 0.692 bits per heavy atom. The van der Waals surface area contributed by atoms with Crippen LogP contribution < -0.4 is 24.8 Å². The minimum atomic E-state index is 0. The summed E-state index contributed by atoms with van der Waals surface area (Å²) in [5.74, 6) is 0. The van der Waals surface area contributed by atoms with Crippen molar-refractivity contribution in [2.75, 3.05) is 0 Å². The number of hydrogen-bond acceptors (Lipinski definition) is 0. The van der Waals surface area contributed by atoms with Crippen molar-refractivity contribution in [3.05, 3.63) is 83.9 Å². The van der Waals surface area contributed by atoms with Gasteiger partial charge in [-0.2, -0.15) is 12.1 Å². The van der Waals surface area contributed by atoms with Gasteiger partial charge in [0.25, 0.3) is 0 Å². The van der Waals surface area contributed by atoms with E-state index in [-0.39, 0.29) is 24.8 Å². The number of halogens is 2. The molecule has 0 aliphatic carbocycles. The van der Waals surface area contributed by atoms with Crippen LogP contribution in [-0.4, -0.2) is 3.21 Å². The van der Waals surface area contributed by atoms with E-state index in [2.05, 4.69) is 100 Å². The Hall–Kier alpha value is -1.01. The molecular formula is C23H24Cl2Zr-2. The van der Waals surface area contributed by atoms with Crippen LogP contribution in [0.4, 0.5) is 0 Å². The molecule has 0 nitrogen and oxygen atoms in total. The summed E-state index contributed by atoms with van der Waals surface area (Å²) in [4.78, 5) is 0. The zero-order chi connectivity index (χ0) is 17.5. The van der Waals surface area contributed by atoms with Crippen LogP contribution in [0.3, 0.4) is 0 Å². The smallest absolute Gasteiger partial charge is 0.0579 e. The molecule has 0 unspecified atom stereocenters. The molecule has 0 amide bonds. The van der Waals surface area contributed by atoms with E-state index in [1.165, 1.54) is 35.9 Å². The first-order valence-electron chi connectivity index (χ1n) is 8.21. The molecule has 0 aromatic heterocycles. The number of rotatable bonds is 0. The van der Waals surface area contributed by atoms with E-state index in [1.54, 1.807) is 24.2 Å². The van der Waals surface area contributed by atoms with Gasteiger partial charge in [-0.1, -0.05) is 26.0 Å². The fourth-order valence-electron chi connectivity index (χ4n) is 2.61. The Labute approximate surface area is 184 Å². The average molecular weight is 463 g/mol. The van der Waals surface area contributed by atoms with Crippen LogP contribution in [0.1, 0.15) is 25.0 Å². The maximum absolute atomic E-state index is 2.20. The minimum Gasteiger partial charge on any atom is -1.00 e. The molecule has 0 fully saturated rings. The van der Waals surface area contributed by atoms with Gasteiger partial charge < -0.3 is 24.8 Å². The molecule has 4 rings (SSSR count). The number of benzene rings is 2. The van der Waals surface area contributed by atoms with Gasteiger partial charge in [0.15, 0.2) is 0 Å². The number of hydrogen-bond donors (Lipinski definition) is 0. The molecule has 0 spiro atoms. The van der Waals surface area contributed by atoms with Crippen molar-refractivity contribution >= 4 is 24.8 Å². The van der Waals surface area contributed by atoms with E-state index in [0.29, 0.717) is 0 Å². The summed E-state index contributed by atoms with van der Waals surface area (Å²) in [6.45, 7) is 8.50. The van der Waals surface area contributed by atoms with Crippen molar-refractivity contribution < 1.29 is 49.0 Å². The van der Waals surface area contributed by atoms with E-state index in [4.69, 9.17) is 0 Å². The third kappa shape index (κ3) is 8.13. The third-order valence-corrected chi connectivity index (χ3v) is 3.52. The van der Waals surface area contributed by atoms with Crippen LogP contribution in [0.2, 0.25) is 0 Å². The maximum atomic E-state index is 2.20. The fourth-order valence-corrected chi connectivity index (χ4v) is 2.61. The van der Waals surface area contributed by atoms with E-state index in [0.717, 1.165) is 0 Å². The Morgan fingerprint density at radius 3 is 1.31 bits per heavy atom. The van der Waals surface area contributed by atoms with Gasteiger partial charge in [-0.3, -0.25) is 0 Å². The van der Waals surface area contributed by atoms with E-state index in [9.17, 15) is 0 Å². The van der Waals surface area contributed by atoms with Crippen molar-refractivity contribution in [3.8, 4) is 0 Å². The summed E-state index contributed by atoms with van der Waals surface area (Å²) in [5, 5.41) is 5.39. The monoisotopic (exact) mass is 460 g/mol. The third-order valence-electron chi connectivity index (χ3n) is 3.52. The first-order valence-corrected chi connectivity index (χ1v) is 9.44. The van der Waals surface area contributed by atoms with Gasteiger partial charge in [0.05, 0.1) is 0 Å². The Bertz CT molecular complexity index is 789. The van der Waals surface area contributed by atoms with Gasteiger partial charge in [-0.25, -0.2) is 0 Å². The minimum absolute atomic E-state index is 0. The molecule has 0 aliphatic heterocycles. The molecule has 3 heteroatoms. The normalized spacial score (nSPS) is 9.15. The van der Waals surface area contributed by atoms with Crippen molar-refractivity contribution in [1.29, 1.82) is 0 Å².